The summed E-state index contributed by atoms with van der Waals surface area (Å²) in [5, 5.41) is 4.23. The van der Waals surface area contributed by atoms with Gasteiger partial charge in [-0.25, -0.2) is 9.97 Å². The number of aryl methyl sites for hydroxylation is 1. The van der Waals surface area contributed by atoms with Gasteiger partial charge in [-0.15, -0.1) is 0 Å². The fourth-order valence-electron chi connectivity index (χ4n) is 5.00. The Morgan fingerprint density at radius 3 is 2.56 bits per heavy atom. The van der Waals surface area contributed by atoms with Crippen LogP contribution in [-0.2, 0) is 12.3 Å². The van der Waals surface area contributed by atoms with Crippen molar-refractivity contribution in [2.45, 2.75) is 63.5 Å². The molecule has 2 heterocycles. The zero-order valence-electron chi connectivity index (χ0n) is 21.3. The predicted molar refractivity (Wildman–Crippen MR) is 147 cm³/mol. The molecule has 0 aliphatic heterocycles. The summed E-state index contributed by atoms with van der Waals surface area (Å²) in [6.07, 6.45) is 5.35. The average molecular weight is 499 g/mol. The van der Waals surface area contributed by atoms with E-state index in [1.165, 1.54) is 24.0 Å². The van der Waals surface area contributed by atoms with Gasteiger partial charge in [0.05, 0.1) is 6.54 Å². The molecular weight excluding hydrogens is 464 g/mol. The lowest BCUT2D eigenvalue weighted by molar-refractivity contribution is 0.0891. The fraction of sp³-hybridized carbons (Fsp3) is 0.367. The number of nitrogens with one attached hydrogen (secondary N) is 1. The number of imidazole rings is 1. The number of amides is 1. The van der Waals surface area contributed by atoms with Crippen molar-refractivity contribution in [1.29, 1.82) is 0 Å². The van der Waals surface area contributed by atoms with Gasteiger partial charge in [0.1, 0.15) is 5.52 Å². The van der Waals surface area contributed by atoms with Gasteiger partial charge >= 0.3 is 0 Å². The monoisotopic (exact) mass is 498 g/mol. The van der Waals surface area contributed by atoms with E-state index in [-0.39, 0.29) is 11.9 Å². The van der Waals surface area contributed by atoms with Crippen molar-refractivity contribution in [2.75, 3.05) is 0 Å². The van der Waals surface area contributed by atoms with E-state index in [0.29, 0.717) is 11.8 Å². The van der Waals surface area contributed by atoms with Crippen molar-refractivity contribution in [3.63, 3.8) is 0 Å². The van der Waals surface area contributed by atoms with E-state index in [0.717, 1.165) is 46.2 Å². The van der Waals surface area contributed by atoms with E-state index in [1.54, 1.807) is 11.8 Å². The van der Waals surface area contributed by atoms with Crippen LogP contribution in [0.25, 0.3) is 11.2 Å². The molecule has 1 N–H and O–H groups in total. The van der Waals surface area contributed by atoms with Crippen molar-refractivity contribution >= 4 is 28.8 Å². The molecular formula is C30H34N4OS. The number of nitrogens with zero attached hydrogens (tertiary/aromatic N) is 3. The van der Waals surface area contributed by atoms with Crippen LogP contribution in [-0.4, -0.2) is 26.5 Å². The molecule has 6 heteroatoms. The first kappa shape index (κ1) is 24.6. The van der Waals surface area contributed by atoms with Crippen molar-refractivity contribution < 1.29 is 4.79 Å². The minimum Gasteiger partial charge on any atom is -0.349 e. The number of hydrogen-bond acceptors (Lipinski definition) is 4. The van der Waals surface area contributed by atoms with Gasteiger partial charge in [0, 0.05) is 23.6 Å². The van der Waals surface area contributed by atoms with Crippen LogP contribution in [0, 0.1) is 18.8 Å². The Morgan fingerprint density at radius 2 is 1.78 bits per heavy atom. The van der Waals surface area contributed by atoms with Gasteiger partial charge in [0.25, 0.3) is 5.91 Å². The van der Waals surface area contributed by atoms with Gasteiger partial charge in [0.2, 0.25) is 0 Å². The molecule has 0 spiro atoms. The number of hydrogen-bond donors (Lipinski definition) is 1. The molecule has 2 aromatic heterocycles. The average Bonchev–Trinajstić information content (AvgIpc) is 3.24. The first-order valence-corrected chi connectivity index (χ1v) is 13.9. The maximum absolute atomic E-state index is 12.9. The van der Waals surface area contributed by atoms with Crippen molar-refractivity contribution in [1.82, 2.24) is 19.9 Å². The molecule has 1 fully saturated rings. The Morgan fingerprint density at radius 1 is 1.03 bits per heavy atom. The Labute approximate surface area is 217 Å². The van der Waals surface area contributed by atoms with E-state index in [9.17, 15) is 4.79 Å². The van der Waals surface area contributed by atoms with Crippen molar-refractivity contribution in [2.24, 2.45) is 11.8 Å². The van der Waals surface area contributed by atoms with Gasteiger partial charge in [0.15, 0.2) is 10.8 Å². The van der Waals surface area contributed by atoms with Crippen LogP contribution in [0.3, 0.4) is 0 Å². The molecule has 36 heavy (non-hydrogen) atoms. The van der Waals surface area contributed by atoms with Crippen LogP contribution in [0.2, 0.25) is 0 Å². The SMILES string of the molecule is Cc1ccc(Cn2c(SCc3ccc(C(=O)N[C@@H]4CCC[C@@H](C)[C@H]4C)cc3)nc3cccnc32)cc1. The highest BCUT2D eigenvalue weighted by Gasteiger charge is 2.28. The van der Waals surface area contributed by atoms with Crippen LogP contribution in [0.4, 0.5) is 0 Å². The largest absolute Gasteiger partial charge is 0.349 e. The van der Waals surface area contributed by atoms with Crippen LogP contribution < -0.4 is 5.32 Å². The lowest BCUT2D eigenvalue weighted by atomic mass is 9.78. The Kier molecular flexibility index (Phi) is 7.42. The minimum atomic E-state index is 0.0334. The van der Waals surface area contributed by atoms with E-state index in [1.807, 2.05) is 30.5 Å². The van der Waals surface area contributed by atoms with Crippen LogP contribution >= 0.6 is 11.8 Å². The van der Waals surface area contributed by atoms with E-state index in [4.69, 9.17) is 4.98 Å². The van der Waals surface area contributed by atoms with E-state index < -0.39 is 0 Å². The van der Waals surface area contributed by atoms with Gasteiger partial charge in [-0.05, 0) is 60.6 Å². The fourth-order valence-corrected chi connectivity index (χ4v) is 5.96. The van der Waals surface area contributed by atoms with Gasteiger partial charge < -0.3 is 5.32 Å². The zero-order chi connectivity index (χ0) is 25.1. The summed E-state index contributed by atoms with van der Waals surface area (Å²) in [5.74, 6) is 1.99. The number of carbonyl (C=O) groups excluding carboxylic acids is 1. The number of aromatic nitrogens is 3. The molecule has 4 aromatic rings. The number of rotatable bonds is 7. The Balaban J connectivity index is 1.27. The minimum absolute atomic E-state index is 0.0334. The normalized spacial score (nSPS) is 19.9. The summed E-state index contributed by atoms with van der Waals surface area (Å²) < 4.78 is 2.19. The summed E-state index contributed by atoms with van der Waals surface area (Å²) in [5.41, 5.74) is 6.18. The zero-order valence-corrected chi connectivity index (χ0v) is 22.1. The lowest BCUT2D eigenvalue weighted by Gasteiger charge is -2.34. The number of pyridine rings is 1. The summed E-state index contributed by atoms with van der Waals surface area (Å²) in [6.45, 7) is 7.38. The van der Waals surface area contributed by atoms with Crippen molar-refractivity contribution in [3.05, 3.63) is 89.1 Å². The highest BCUT2D eigenvalue weighted by molar-refractivity contribution is 7.98. The van der Waals surface area contributed by atoms with Gasteiger partial charge in [-0.1, -0.05) is 80.4 Å². The molecule has 0 unspecified atom stereocenters. The second-order valence-electron chi connectivity index (χ2n) is 10.1. The Bertz CT molecular complexity index is 1330. The third-order valence-electron chi connectivity index (χ3n) is 7.54. The number of thioether (sulfide) groups is 1. The van der Waals surface area contributed by atoms with E-state index >= 15 is 0 Å². The smallest absolute Gasteiger partial charge is 0.251 e. The molecule has 0 bridgehead atoms. The second kappa shape index (κ2) is 10.9. The molecule has 1 aliphatic carbocycles. The predicted octanol–water partition coefficient (Wildman–Crippen LogP) is 6.63. The molecule has 1 amide bonds. The summed E-state index contributed by atoms with van der Waals surface area (Å²) in [6, 6.07) is 20.8. The van der Waals surface area contributed by atoms with Crippen LogP contribution in [0.5, 0.6) is 0 Å². The van der Waals surface area contributed by atoms with Crippen molar-refractivity contribution in [3.8, 4) is 0 Å². The number of fused-ring (bicyclic) bond motifs is 1. The second-order valence-corrected chi connectivity index (χ2v) is 11.1. The molecule has 0 radical (unpaired) electrons. The summed E-state index contributed by atoms with van der Waals surface area (Å²) >= 11 is 1.70. The Hall–Kier alpha value is -3.12. The molecule has 3 atom stereocenters. The maximum Gasteiger partial charge on any atom is 0.251 e. The number of benzene rings is 2. The summed E-state index contributed by atoms with van der Waals surface area (Å²) in [7, 11) is 0. The maximum atomic E-state index is 12.9. The van der Waals surface area contributed by atoms with Crippen LogP contribution in [0.1, 0.15) is 60.2 Å². The third kappa shape index (κ3) is 5.49. The highest BCUT2D eigenvalue weighted by atomic mass is 32.2. The van der Waals surface area contributed by atoms with E-state index in [2.05, 4.69) is 72.0 Å². The molecule has 5 rings (SSSR count). The first-order valence-electron chi connectivity index (χ1n) is 12.9. The quantitative estimate of drug-likeness (QED) is 0.290. The number of carbonyl (C=O) groups is 1. The van der Waals surface area contributed by atoms with Gasteiger partial charge in [-0.2, -0.15) is 0 Å². The molecule has 0 saturated heterocycles. The highest BCUT2D eigenvalue weighted by Crippen LogP contribution is 2.30. The standard InChI is InChI=1S/C30H34N4OS/c1-20-9-11-23(12-10-20)18-34-28-27(8-5-17-31-28)33-30(34)36-19-24-13-15-25(16-14-24)29(35)32-26-7-4-6-21(2)22(26)3/h5,8-17,21-22,26H,4,6-7,18-19H2,1-3H3,(H,32,35)/t21-,22-,26-/m1/s1. The molecule has 186 valence electrons. The molecule has 2 aromatic carbocycles. The molecule has 1 aliphatic rings. The molecule has 1 saturated carbocycles. The first-order chi connectivity index (χ1) is 17.5. The summed E-state index contributed by atoms with van der Waals surface area (Å²) in [4.78, 5) is 22.3. The van der Waals surface area contributed by atoms with Gasteiger partial charge in [-0.3, -0.25) is 9.36 Å². The topological polar surface area (TPSA) is 59.8 Å². The lowest BCUT2D eigenvalue weighted by Crippen LogP contribution is -2.43. The van der Waals surface area contributed by atoms with Crippen LogP contribution in [0.15, 0.2) is 72.0 Å². The molecule has 5 nitrogen and oxygen atoms in total. The third-order valence-corrected chi connectivity index (χ3v) is 8.58.